The van der Waals surface area contributed by atoms with E-state index in [-0.39, 0.29) is 24.3 Å². The molecule has 2 amide bonds. The summed E-state index contributed by atoms with van der Waals surface area (Å²) in [6.07, 6.45) is 3.71. The van der Waals surface area contributed by atoms with Crippen LogP contribution in [0, 0.1) is 0 Å². The van der Waals surface area contributed by atoms with E-state index in [9.17, 15) is 9.59 Å². The van der Waals surface area contributed by atoms with Crippen molar-refractivity contribution in [2.75, 3.05) is 4.90 Å². The summed E-state index contributed by atoms with van der Waals surface area (Å²) < 4.78 is 0.912. The summed E-state index contributed by atoms with van der Waals surface area (Å²) in [6, 6.07) is 10.6. The maximum absolute atomic E-state index is 12.5. The summed E-state index contributed by atoms with van der Waals surface area (Å²) in [5.41, 5.74) is 1.65. The van der Waals surface area contributed by atoms with Gasteiger partial charge < -0.3 is 5.32 Å². The van der Waals surface area contributed by atoms with Gasteiger partial charge in [-0.2, -0.15) is 0 Å². The minimum Gasteiger partial charge on any atom is -0.332 e. The molecule has 3 rings (SSSR count). The van der Waals surface area contributed by atoms with E-state index in [2.05, 4.69) is 20.9 Å². The van der Waals surface area contributed by atoms with Crippen LogP contribution in [-0.4, -0.2) is 22.8 Å². The minimum absolute atomic E-state index is 0.153. The second kappa shape index (κ2) is 6.37. The van der Waals surface area contributed by atoms with E-state index in [0.29, 0.717) is 12.2 Å². The van der Waals surface area contributed by atoms with Crippen LogP contribution in [0.15, 0.2) is 53.3 Å². The Kier molecular flexibility index (Phi) is 4.31. The number of benzene rings is 1. The zero-order chi connectivity index (χ0) is 15.5. The number of amides is 2. The van der Waals surface area contributed by atoms with Crippen LogP contribution in [0.4, 0.5) is 5.69 Å². The summed E-state index contributed by atoms with van der Waals surface area (Å²) in [4.78, 5) is 29.9. The summed E-state index contributed by atoms with van der Waals surface area (Å²) in [5.74, 6) is -0.309. The van der Waals surface area contributed by atoms with Crippen molar-refractivity contribution in [2.24, 2.45) is 0 Å². The van der Waals surface area contributed by atoms with Gasteiger partial charge in [-0.05, 0) is 30.3 Å². The number of imide groups is 1. The van der Waals surface area contributed by atoms with Crippen molar-refractivity contribution in [1.29, 1.82) is 0 Å². The van der Waals surface area contributed by atoms with E-state index >= 15 is 0 Å². The van der Waals surface area contributed by atoms with Crippen LogP contribution in [0.2, 0.25) is 0 Å². The average molecular weight is 361 g/mol. The van der Waals surface area contributed by atoms with Gasteiger partial charge in [0.2, 0.25) is 5.91 Å². The fourth-order valence-electron chi connectivity index (χ4n) is 2.50. The highest BCUT2D eigenvalue weighted by Crippen LogP contribution is 2.23. The van der Waals surface area contributed by atoms with Gasteiger partial charge in [0.15, 0.2) is 6.04 Å². The Balaban J connectivity index is 1.70. The summed E-state index contributed by atoms with van der Waals surface area (Å²) in [5, 5.41) is 1.90. The first kappa shape index (κ1) is 14.9. The van der Waals surface area contributed by atoms with Gasteiger partial charge in [0, 0.05) is 22.4 Å². The first-order valence-corrected chi connectivity index (χ1v) is 7.79. The number of aromatic nitrogens is 1. The molecule has 5 nitrogen and oxygen atoms in total. The number of carbonyl (C=O) groups is 2. The van der Waals surface area contributed by atoms with E-state index in [1.54, 1.807) is 24.5 Å². The van der Waals surface area contributed by atoms with Gasteiger partial charge in [-0.25, -0.2) is 4.90 Å². The molecule has 0 bridgehead atoms. The second-order valence-electron chi connectivity index (χ2n) is 5.16. The van der Waals surface area contributed by atoms with Gasteiger partial charge in [0.1, 0.15) is 6.54 Å². The third-order valence-corrected chi connectivity index (χ3v) is 4.16. The van der Waals surface area contributed by atoms with Crippen molar-refractivity contribution >= 4 is 33.4 Å². The SMILES string of the molecule is O=C1CC([NH2+]Cc2cccnc2)C(=O)N1c1ccc(Br)cc1. The molecule has 2 N–H and O–H groups in total. The summed E-state index contributed by atoms with van der Waals surface area (Å²) in [6.45, 7) is 0.631. The van der Waals surface area contributed by atoms with Crippen LogP contribution < -0.4 is 10.2 Å². The van der Waals surface area contributed by atoms with Gasteiger partial charge >= 0.3 is 0 Å². The molecule has 1 aromatic heterocycles. The molecule has 1 aliphatic rings. The third kappa shape index (κ3) is 3.08. The van der Waals surface area contributed by atoms with Crippen LogP contribution in [0.1, 0.15) is 12.0 Å². The topological polar surface area (TPSA) is 66.9 Å². The maximum atomic E-state index is 12.5. The number of pyridine rings is 1. The second-order valence-corrected chi connectivity index (χ2v) is 6.07. The molecule has 1 atom stereocenters. The Morgan fingerprint density at radius 3 is 2.68 bits per heavy atom. The van der Waals surface area contributed by atoms with Gasteiger partial charge in [0.05, 0.1) is 12.1 Å². The molecule has 0 aliphatic carbocycles. The molecule has 1 saturated heterocycles. The number of nitrogens with two attached hydrogens (primary N) is 1. The standard InChI is InChI=1S/C16H14BrN3O2/c17-12-3-5-13(6-4-12)20-15(21)8-14(16(20)22)19-10-11-2-1-7-18-9-11/h1-7,9,14,19H,8,10H2/p+1. The van der Waals surface area contributed by atoms with Gasteiger partial charge in [-0.15, -0.1) is 0 Å². The molecule has 1 fully saturated rings. The Morgan fingerprint density at radius 1 is 1.23 bits per heavy atom. The fraction of sp³-hybridized carbons (Fsp3) is 0.188. The molecular formula is C16H15BrN3O2+. The molecule has 2 aromatic rings. The molecule has 0 spiro atoms. The van der Waals surface area contributed by atoms with Crippen molar-refractivity contribution in [3.05, 3.63) is 58.8 Å². The Labute approximate surface area is 136 Å². The third-order valence-electron chi connectivity index (χ3n) is 3.63. The highest BCUT2D eigenvalue weighted by atomic mass is 79.9. The Hall–Kier alpha value is -2.05. The normalized spacial score (nSPS) is 18.0. The van der Waals surface area contributed by atoms with Crippen LogP contribution in [-0.2, 0) is 16.1 Å². The van der Waals surface area contributed by atoms with Crippen LogP contribution in [0.25, 0.3) is 0 Å². The minimum atomic E-state index is -0.364. The smallest absolute Gasteiger partial charge is 0.292 e. The van der Waals surface area contributed by atoms with Crippen LogP contribution >= 0.6 is 15.9 Å². The zero-order valence-electron chi connectivity index (χ0n) is 11.8. The largest absolute Gasteiger partial charge is 0.332 e. The molecule has 6 heteroatoms. The summed E-state index contributed by atoms with van der Waals surface area (Å²) in [7, 11) is 0. The number of rotatable bonds is 4. The number of quaternary nitrogens is 1. The number of hydrogen-bond donors (Lipinski definition) is 1. The van der Waals surface area contributed by atoms with E-state index in [1.165, 1.54) is 4.90 Å². The fourth-order valence-corrected chi connectivity index (χ4v) is 2.76. The van der Waals surface area contributed by atoms with Gasteiger partial charge in [-0.1, -0.05) is 22.0 Å². The molecular weight excluding hydrogens is 346 g/mol. The van der Waals surface area contributed by atoms with E-state index in [1.807, 2.05) is 29.6 Å². The summed E-state index contributed by atoms with van der Waals surface area (Å²) >= 11 is 3.35. The number of nitrogens with zero attached hydrogens (tertiary/aromatic N) is 2. The Morgan fingerprint density at radius 2 is 2.00 bits per heavy atom. The lowest BCUT2D eigenvalue weighted by Crippen LogP contribution is -2.90. The molecule has 22 heavy (non-hydrogen) atoms. The molecule has 0 saturated carbocycles. The highest BCUT2D eigenvalue weighted by molar-refractivity contribution is 9.10. The van der Waals surface area contributed by atoms with Crippen LogP contribution in [0.5, 0.6) is 0 Å². The van der Waals surface area contributed by atoms with Crippen LogP contribution in [0.3, 0.4) is 0 Å². The highest BCUT2D eigenvalue weighted by Gasteiger charge is 2.42. The first-order valence-electron chi connectivity index (χ1n) is 7.00. The molecule has 1 unspecified atom stereocenters. The predicted octanol–water partition coefficient (Wildman–Crippen LogP) is 1.24. The van der Waals surface area contributed by atoms with Crippen molar-refractivity contribution < 1.29 is 14.9 Å². The predicted molar refractivity (Wildman–Crippen MR) is 84.9 cm³/mol. The lowest BCUT2D eigenvalue weighted by Gasteiger charge is -2.14. The average Bonchev–Trinajstić information content (AvgIpc) is 2.82. The quantitative estimate of drug-likeness (QED) is 0.834. The number of halogens is 1. The molecule has 1 aromatic carbocycles. The zero-order valence-corrected chi connectivity index (χ0v) is 13.4. The van der Waals surface area contributed by atoms with Gasteiger partial charge in [0.25, 0.3) is 5.91 Å². The van der Waals surface area contributed by atoms with E-state index < -0.39 is 0 Å². The monoisotopic (exact) mass is 360 g/mol. The molecule has 0 radical (unpaired) electrons. The van der Waals surface area contributed by atoms with E-state index in [4.69, 9.17) is 0 Å². The molecule has 2 heterocycles. The lowest BCUT2D eigenvalue weighted by molar-refractivity contribution is -0.690. The molecule has 1 aliphatic heterocycles. The number of hydrogen-bond acceptors (Lipinski definition) is 3. The van der Waals surface area contributed by atoms with Gasteiger partial charge in [-0.3, -0.25) is 14.6 Å². The number of anilines is 1. The molecule has 112 valence electrons. The maximum Gasteiger partial charge on any atom is 0.292 e. The Bertz CT molecular complexity index is 688. The van der Waals surface area contributed by atoms with Crippen molar-refractivity contribution in [3.63, 3.8) is 0 Å². The van der Waals surface area contributed by atoms with E-state index in [0.717, 1.165) is 10.0 Å². The first-order chi connectivity index (χ1) is 10.6. The number of carbonyl (C=O) groups excluding carboxylic acids is 2. The van der Waals surface area contributed by atoms with Crippen molar-refractivity contribution in [1.82, 2.24) is 4.98 Å². The van der Waals surface area contributed by atoms with Crippen molar-refractivity contribution in [2.45, 2.75) is 19.0 Å². The lowest BCUT2D eigenvalue weighted by atomic mass is 10.2. The van der Waals surface area contributed by atoms with Crippen molar-refractivity contribution in [3.8, 4) is 0 Å².